The van der Waals surface area contributed by atoms with Gasteiger partial charge in [-0.05, 0) is 61.3 Å². The number of likely N-dealkylation sites (N-methyl/N-ethyl adjacent to an activating group) is 1. The van der Waals surface area contributed by atoms with Gasteiger partial charge in [0, 0.05) is 42.1 Å². The minimum atomic E-state index is 0.592. The molecule has 1 aliphatic heterocycles. The van der Waals surface area contributed by atoms with Crippen LogP contribution in [-0.2, 0) is 25.9 Å². The van der Waals surface area contributed by atoms with Crippen LogP contribution in [0.2, 0.25) is 0 Å². The lowest BCUT2D eigenvalue weighted by molar-refractivity contribution is 0.228. The molecule has 2 heteroatoms. The fraction of sp³-hybridized carbons (Fsp3) is 0.308. The predicted octanol–water partition coefficient (Wildman–Crippen LogP) is 5.72. The molecule has 2 nitrogen and oxygen atoms in total. The van der Waals surface area contributed by atoms with Crippen molar-refractivity contribution in [1.29, 1.82) is 0 Å². The van der Waals surface area contributed by atoms with E-state index >= 15 is 0 Å². The molecule has 1 atom stereocenters. The molecule has 0 saturated heterocycles. The molecule has 1 unspecified atom stereocenters. The van der Waals surface area contributed by atoms with Gasteiger partial charge in [0.1, 0.15) is 0 Å². The Labute approximate surface area is 167 Å². The Hall–Kier alpha value is -2.58. The standard InChI is InChI=1S/C26H28N2/c1-18-11-12-25-23(15-18)24-17-27(3)19(2)16-26(24)28(25)14-13-21-9-6-8-20-7-4-5-10-22(20)21/h4-12,15,19H,13-14,16-17H2,1-3H3. The van der Waals surface area contributed by atoms with Crippen molar-refractivity contribution in [2.24, 2.45) is 0 Å². The van der Waals surface area contributed by atoms with E-state index in [0.29, 0.717) is 6.04 Å². The third kappa shape index (κ3) is 2.84. The maximum absolute atomic E-state index is 2.61. The van der Waals surface area contributed by atoms with Crippen LogP contribution < -0.4 is 0 Å². The fourth-order valence-electron chi connectivity index (χ4n) is 4.84. The Morgan fingerprint density at radius 2 is 1.79 bits per heavy atom. The van der Waals surface area contributed by atoms with Gasteiger partial charge in [0.25, 0.3) is 0 Å². The van der Waals surface area contributed by atoms with E-state index in [0.717, 1.165) is 25.9 Å². The van der Waals surface area contributed by atoms with Gasteiger partial charge in [-0.3, -0.25) is 4.90 Å². The second-order valence-corrected chi connectivity index (χ2v) is 8.45. The van der Waals surface area contributed by atoms with Crippen molar-refractivity contribution in [3.63, 3.8) is 0 Å². The van der Waals surface area contributed by atoms with Crippen molar-refractivity contribution in [2.45, 2.75) is 45.8 Å². The van der Waals surface area contributed by atoms with Gasteiger partial charge in [0.05, 0.1) is 0 Å². The fourth-order valence-corrected chi connectivity index (χ4v) is 4.84. The van der Waals surface area contributed by atoms with Crippen molar-refractivity contribution in [1.82, 2.24) is 9.47 Å². The lowest BCUT2D eigenvalue weighted by Crippen LogP contribution is -2.35. The van der Waals surface area contributed by atoms with Crippen LogP contribution in [0.3, 0.4) is 0 Å². The van der Waals surface area contributed by atoms with Gasteiger partial charge >= 0.3 is 0 Å². The molecule has 0 amide bonds. The minimum Gasteiger partial charge on any atom is -0.344 e. The summed E-state index contributed by atoms with van der Waals surface area (Å²) in [6.45, 7) is 6.65. The van der Waals surface area contributed by atoms with Crippen LogP contribution in [0.25, 0.3) is 21.7 Å². The zero-order valence-corrected chi connectivity index (χ0v) is 17.1. The molecule has 1 aliphatic rings. The first-order valence-corrected chi connectivity index (χ1v) is 10.4. The van der Waals surface area contributed by atoms with E-state index in [9.17, 15) is 0 Å². The number of benzene rings is 3. The Balaban J connectivity index is 1.58. The molecule has 0 N–H and O–H groups in total. The monoisotopic (exact) mass is 368 g/mol. The number of hydrogen-bond acceptors (Lipinski definition) is 1. The molecule has 2 heterocycles. The summed E-state index contributed by atoms with van der Waals surface area (Å²) >= 11 is 0. The Morgan fingerprint density at radius 3 is 2.68 bits per heavy atom. The zero-order chi connectivity index (χ0) is 19.3. The molecular formula is C26H28N2. The molecule has 0 saturated carbocycles. The first-order valence-electron chi connectivity index (χ1n) is 10.4. The molecule has 28 heavy (non-hydrogen) atoms. The first kappa shape index (κ1) is 17.5. The second-order valence-electron chi connectivity index (χ2n) is 8.45. The Kier molecular flexibility index (Phi) is 4.25. The number of hydrogen-bond donors (Lipinski definition) is 0. The van der Waals surface area contributed by atoms with Crippen molar-refractivity contribution < 1.29 is 0 Å². The topological polar surface area (TPSA) is 8.17 Å². The van der Waals surface area contributed by atoms with Gasteiger partial charge in [-0.15, -0.1) is 0 Å². The highest BCUT2D eigenvalue weighted by Crippen LogP contribution is 2.33. The maximum Gasteiger partial charge on any atom is 0.0486 e. The summed E-state index contributed by atoms with van der Waals surface area (Å²) in [5.41, 5.74) is 7.28. The van der Waals surface area contributed by atoms with Crippen LogP contribution in [0.1, 0.15) is 29.3 Å². The number of fused-ring (bicyclic) bond motifs is 4. The number of aryl methyl sites for hydroxylation is 3. The zero-order valence-electron chi connectivity index (χ0n) is 17.1. The Bertz CT molecular complexity index is 1160. The average Bonchev–Trinajstić information content (AvgIpc) is 2.98. The lowest BCUT2D eigenvalue weighted by Gasteiger charge is -2.31. The third-order valence-electron chi connectivity index (χ3n) is 6.58. The van der Waals surface area contributed by atoms with Crippen molar-refractivity contribution in [2.75, 3.05) is 7.05 Å². The van der Waals surface area contributed by atoms with Crippen molar-refractivity contribution in [3.8, 4) is 0 Å². The molecule has 0 spiro atoms. The normalized spacial score (nSPS) is 17.3. The number of aromatic nitrogens is 1. The van der Waals surface area contributed by atoms with E-state index in [-0.39, 0.29) is 0 Å². The predicted molar refractivity (Wildman–Crippen MR) is 119 cm³/mol. The summed E-state index contributed by atoms with van der Waals surface area (Å²) in [6, 6.07) is 23.0. The second kappa shape index (κ2) is 6.79. The van der Waals surface area contributed by atoms with E-state index in [1.54, 1.807) is 5.69 Å². The highest BCUT2D eigenvalue weighted by Gasteiger charge is 2.26. The number of nitrogens with zero attached hydrogens (tertiary/aromatic N) is 2. The van der Waals surface area contributed by atoms with Gasteiger partial charge in [-0.25, -0.2) is 0 Å². The van der Waals surface area contributed by atoms with Crippen molar-refractivity contribution >= 4 is 21.7 Å². The van der Waals surface area contributed by atoms with Crippen LogP contribution >= 0.6 is 0 Å². The van der Waals surface area contributed by atoms with Crippen LogP contribution in [0, 0.1) is 6.92 Å². The van der Waals surface area contributed by atoms with Crippen LogP contribution in [0.4, 0.5) is 0 Å². The molecule has 142 valence electrons. The smallest absolute Gasteiger partial charge is 0.0486 e. The molecule has 0 aliphatic carbocycles. The number of rotatable bonds is 3. The average molecular weight is 369 g/mol. The summed E-state index contributed by atoms with van der Waals surface area (Å²) < 4.78 is 2.61. The quantitative estimate of drug-likeness (QED) is 0.449. The SMILES string of the molecule is Cc1ccc2c(c1)c1c(n2CCc2cccc3ccccc23)CC(C)N(C)C1. The molecule has 5 rings (SSSR count). The molecule has 0 radical (unpaired) electrons. The molecule has 0 fully saturated rings. The van der Waals surface area contributed by atoms with E-state index in [4.69, 9.17) is 0 Å². The highest BCUT2D eigenvalue weighted by molar-refractivity contribution is 5.87. The van der Waals surface area contributed by atoms with Crippen LogP contribution in [0.5, 0.6) is 0 Å². The van der Waals surface area contributed by atoms with Gasteiger partial charge in [0.15, 0.2) is 0 Å². The molecular weight excluding hydrogens is 340 g/mol. The summed E-state index contributed by atoms with van der Waals surface area (Å²) in [7, 11) is 2.25. The summed E-state index contributed by atoms with van der Waals surface area (Å²) in [4.78, 5) is 2.49. The Morgan fingerprint density at radius 1 is 0.964 bits per heavy atom. The first-order chi connectivity index (χ1) is 13.6. The summed E-state index contributed by atoms with van der Waals surface area (Å²) in [5.74, 6) is 0. The van der Waals surface area contributed by atoms with Gasteiger partial charge in [-0.1, -0.05) is 54.1 Å². The van der Waals surface area contributed by atoms with E-state index < -0.39 is 0 Å². The highest BCUT2D eigenvalue weighted by atomic mass is 15.1. The molecule has 0 bridgehead atoms. The van der Waals surface area contributed by atoms with E-state index in [1.807, 2.05) is 0 Å². The van der Waals surface area contributed by atoms with Crippen LogP contribution in [0.15, 0.2) is 60.7 Å². The lowest BCUT2D eigenvalue weighted by atomic mass is 9.99. The molecule has 3 aromatic carbocycles. The maximum atomic E-state index is 2.61. The van der Waals surface area contributed by atoms with E-state index in [1.165, 1.54) is 38.4 Å². The summed E-state index contributed by atoms with van der Waals surface area (Å²) in [6.07, 6.45) is 2.20. The summed E-state index contributed by atoms with van der Waals surface area (Å²) in [5, 5.41) is 4.18. The molecule has 1 aromatic heterocycles. The van der Waals surface area contributed by atoms with Gasteiger partial charge in [-0.2, -0.15) is 0 Å². The van der Waals surface area contributed by atoms with Crippen molar-refractivity contribution in [3.05, 3.63) is 83.0 Å². The largest absolute Gasteiger partial charge is 0.344 e. The van der Waals surface area contributed by atoms with Gasteiger partial charge < -0.3 is 4.57 Å². The van der Waals surface area contributed by atoms with E-state index in [2.05, 4.69) is 91.0 Å². The minimum absolute atomic E-state index is 0.592. The van der Waals surface area contributed by atoms with Crippen LogP contribution in [-0.4, -0.2) is 22.6 Å². The molecule has 4 aromatic rings. The third-order valence-corrected chi connectivity index (χ3v) is 6.58. The van der Waals surface area contributed by atoms with Gasteiger partial charge in [0.2, 0.25) is 0 Å².